The van der Waals surface area contributed by atoms with Crippen LogP contribution in [0.25, 0.3) is 10.9 Å². The number of ether oxygens (including phenoxy) is 1. The third-order valence-corrected chi connectivity index (χ3v) is 13.6. The number of anilines is 2. The first-order chi connectivity index (χ1) is 23.9. The van der Waals surface area contributed by atoms with Crippen LogP contribution in [0.15, 0.2) is 72.9 Å². The Morgan fingerprint density at radius 3 is 2.62 bits per heavy atom. The third kappa shape index (κ3) is 6.05. The Labute approximate surface area is 297 Å². The van der Waals surface area contributed by atoms with Crippen LogP contribution in [0.4, 0.5) is 11.4 Å². The van der Waals surface area contributed by atoms with Crippen LogP contribution in [0.1, 0.15) is 42.9 Å². The number of halogens is 1. The monoisotopic (exact) mass is 714 g/mol. The van der Waals surface area contributed by atoms with E-state index in [-0.39, 0.29) is 49.8 Å². The fourth-order valence-electron chi connectivity index (χ4n) is 8.58. The summed E-state index contributed by atoms with van der Waals surface area (Å²) in [6, 6.07) is 20.4. The number of nitrogens with zero attached hydrogens (tertiary/aromatic N) is 2. The van der Waals surface area contributed by atoms with Crippen molar-refractivity contribution in [2.75, 3.05) is 23.4 Å². The number of hydrogen-bond donors (Lipinski definition) is 4. The highest BCUT2D eigenvalue weighted by Gasteiger charge is 2.66. The zero-order valence-electron chi connectivity index (χ0n) is 28.5. The molecule has 0 saturated carbocycles. The largest absolute Gasteiger partial charge is 0.432 e. The Balaban J connectivity index is 1.12. The molecule has 10 nitrogen and oxygen atoms in total. The predicted molar refractivity (Wildman–Crippen MR) is 195 cm³/mol. The first kappa shape index (κ1) is 34.4. The van der Waals surface area contributed by atoms with Crippen molar-refractivity contribution >= 4 is 59.9 Å². The standard InChI is InChI=1S/C38H43ClN4O6Si/c1-23-36(50(2,3)48)33(19-35(46)42-16-6-7-28(42)22-44)49-38(23)30-18-26(39)12-15-32(30)43(37(38)47)21-24-10-13-27(14-11-24)41-34(45)17-25-20-40-31-9-5-4-8-29(25)31/h4-5,8-15,18,20,23,28,33,36,40,44,48H,6-7,16-17,19,21-22H2,1-3H3,(H,41,45)/t23-,28-,33+,36-,38+/m0/s1. The Kier molecular flexibility index (Phi) is 9.15. The van der Waals surface area contributed by atoms with Gasteiger partial charge in [0.2, 0.25) is 11.8 Å². The van der Waals surface area contributed by atoms with E-state index in [2.05, 4.69) is 10.3 Å². The molecule has 1 aromatic heterocycles. The smallest absolute Gasteiger partial charge is 0.264 e. The van der Waals surface area contributed by atoms with Crippen LogP contribution < -0.4 is 10.2 Å². The van der Waals surface area contributed by atoms with Crippen LogP contribution in [0.2, 0.25) is 23.7 Å². The summed E-state index contributed by atoms with van der Waals surface area (Å²) in [5.74, 6) is -0.970. The van der Waals surface area contributed by atoms with E-state index < -0.39 is 31.5 Å². The van der Waals surface area contributed by atoms with Crippen molar-refractivity contribution in [1.29, 1.82) is 0 Å². The van der Waals surface area contributed by atoms with Gasteiger partial charge in [0.1, 0.15) is 0 Å². The minimum Gasteiger partial charge on any atom is -0.432 e. The molecule has 5 atom stereocenters. The van der Waals surface area contributed by atoms with Crippen molar-refractivity contribution in [3.8, 4) is 0 Å². The summed E-state index contributed by atoms with van der Waals surface area (Å²) in [6.45, 7) is 6.31. The van der Waals surface area contributed by atoms with Gasteiger partial charge in [-0.05, 0) is 73.5 Å². The summed E-state index contributed by atoms with van der Waals surface area (Å²) < 4.78 is 6.82. The molecule has 0 unspecified atom stereocenters. The number of carbonyl (C=O) groups excluding carboxylic acids is 3. The molecule has 3 aromatic carbocycles. The highest BCUT2D eigenvalue weighted by atomic mass is 35.5. The number of aromatic amines is 1. The molecule has 4 aromatic rings. The molecule has 1 spiro atoms. The second-order valence-electron chi connectivity index (χ2n) is 14.5. The van der Waals surface area contributed by atoms with Crippen molar-refractivity contribution in [2.24, 2.45) is 5.92 Å². The van der Waals surface area contributed by atoms with Gasteiger partial charge in [-0.25, -0.2) is 0 Å². The van der Waals surface area contributed by atoms with E-state index in [1.165, 1.54) is 0 Å². The number of nitrogens with one attached hydrogen (secondary N) is 2. The van der Waals surface area contributed by atoms with Gasteiger partial charge in [-0.15, -0.1) is 0 Å². The number of amides is 3. The van der Waals surface area contributed by atoms with Gasteiger partial charge in [-0.1, -0.05) is 48.9 Å². The SMILES string of the molecule is C[C@H]1[C@H]([Si](C)(C)O)[C@@H](CC(=O)N2CCC[C@H]2CO)O[C@]12C(=O)N(Cc1ccc(NC(=O)Cc3c[nH]c4ccccc34)cc1)c1ccc(Cl)cc12. The van der Waals surface area contributed by atoms with Crippen LogP contribution in [0, 0.1) is 5.92 Å². The van der Waals surface area contributed by atoms with Crippen molar-refractivity contribution in [3.05, 3.63) is 94.6 Å². The Morgan fingerprint density at radius 2 is 1.88 bits per heavy atom. The zero-order chi connectivity index (χ0) is 35.4. The molecular formula is C38H43ClN4O6Si. The number of aromatic nitrogens is 1. The lowest BCUT2D eigenvalue weighted by Gasteiger charge is -2.32. The van der Waals surface area contributed by atoms with E-state index in [1.807, 2.05) is 80.8 Å². The lowest BCUT2D eigenvalue weighted by molar-refractivity contribution is -0.150. The number of H-pyrrole nitrogens is 1. The molecule has 50 heavy (non-hydrogen) atoms. The van der Waals surface area contributed by atoms with Gasteiger partial charge < -0.3 is 34.7 Å². The highest BCUT2D eigenvalue weighted by molar-refractivity contribution is 6.71. The Bertz CT molecular complexity index is 1940. The van der Waals surface area contributed by atoms with Gasteiger partial charge in [0.25, 0.3) is 5.91 Å². The van der Waals surface area contributed by atoms with Crippen LogP contribution >= 0.6 is 11.6 Å². The summed E-state index contributed by atoms with van der Waals surface area (Å²) >= 11 is 6.54. The maximum absolute atomic E-state index is 14.7. The van der Waals surface area contributed by atoms with Gasteiger partial charge in [0, 0.05) is 51.4 Å². The maximum Gasteiger partial charge on any atom is 0.264 e. The topological polar surface area (TPSA) is 135 Å². The summed E-state index contributed by atoms with van der Waals surface area (Å²) in [5, 5.41) is 14.3. The van der Waals surface area contributed by atoms with Gasteiger partial charge in [0.15, 0.2) is 13.9 Å². The van der Waals surface area contributed by atoms with Gasteiger partial charge in [-0.2, -0.15) is 0 Å². The molecule has 0 aliphatic carbocycles. The number of fused-ring (bicyclic) bond motifs is 3. The number of hydrogen-bond acceptors (Lipinski definition) is 6. The lowest BCUT2D eigenvalue weighted by Crippen LogP contribution is -2.46. The quantitative estimate of drug-likeness (QED) is 0.164. The second-order valence-corrected chi connectivity index (χ2v) is 18.9. The first-order valence-electron chi connectivity index (χ1n) is 17.3. The highest BCUT2D eigenvalue weighted by Crippen LogP contribution is 2.60. The van der Waals surface area contributed by atoms with Crippen molar-refractivity contribution in [1.82, 2.24) is 9.88 Å². The van der Waals surface area contributed by atoms with Gasteiger partial charge in [0.05, 0.1) is 43.8 Å². The molecule has 3 aliphatic rings. The molecule has 2 fully saturated rings. The summed E-state index contributed by atoms with van der Waals surface area (Å²) in [4.78, 5) is 59.4. The number of rotatable bonds is 9. The zero-order valence-corrected chi connectivity index (χ0v) is 30.2. The number of carbonyl (C=O) groups is 3. The maximum atomic E-state index is 14.7. The molecule has 12 heteroatoms. The van der Waals surface area contributed by atoms with Crippen LogP contribution in [-0.2, 0) is 37.7 Å². The molecule has 4 N–H and O–H groups in total. The van der Waals surface area contributed by atoms with Crippen molar-refractivity contribution < 1.29 is 29.0 Å². The number of aliphatic hydroxyl groups is 1. The van der Waals surface area contributed by atoms with E-state index in [0.29, 0.717) is 28.5 Å². The van der Waals surface area contributed by atoms with E-state index in [0.717, 1.165) is 34.9 Å². The fourth-order valence-corrected chi connectivity index (χ4v) is 11.3. The molecule has 3 aliphatic heterocycles. The normalized spacial score (nSPS) is 24.8. The summed E-state index contributed by atoms with van der Waals surface area (Å²) in [6.07, 6.45) is 2.99. The van der Waals surface area contributed by atoms with Gasteiger partial charge in [-0.3, -0.25) is 14.4 Å². The number of benzene rings is 3. The molecule has 3 amide bonds. The second kappa shape index (κ2) is 13.3. The third-order valence-electron chi connectivity index (χ3n) is 10.8. The average Bonchev–Trinajstić information content (AvgIpc) is 3.84. The van der Waals surface area contributed by atoms with E-state index in [9.17, 15) is 24.3 Å². The minimum absolute atomic E-state index is 0.0148. The van der Waals surface area contributed by atoms with E-state index in [1.54, 1.807) is 21.9 Å². The number of likely N-dealkylation sites (tertiary alicyclic amines) is 1. The van der Waals surface area contributed by atoms with Crippen LogP contribution in [0.5, 0.6) is 0 Å². The van der Waals surface area contributed by atoms with Crippen molar-refractivity contribution in [3.63, 3.8) is 0 Å². The number of para-hydroxylation sites is 1. The first-order valence-corrected chi connectivity index (χ1v) is 20.7. The number of aliphatic hydroxyl groups excluding tert-OH is 1. The summed E-state index contributed by atoms with van der Waals surface area (Å²) in [5.41, 5.74) is 2.87. The van der Waals surface area contributed by atoms with Crippen LogP contribution in [0.3, 0.4) is 0 Å². The van der Waals surface area contributed by atoms with E-state index in [4.69, 9.17) is 16.3 Å². The fraction of sp³-hybridized carbons (Fsp3) is 0.395. The minimum atomic E-state index is -2.98. The summed E-state index contributed by atoms with van der Waals surface area (Å²) in [7, 11) is -2.98. The van der Waals surface area contributed by atoms with E-state index >= 15 is 0 Å². The molecule has 262 valence electrons. The molecule has 0 radical (unpaired) electrons. The molecular weight excluding hydrogens is 672 g/mol. The van der Waals surface area contributed by atoms with Gasteiger partial charge >= 0.3 is 0 Å². The predicted octanol–water partition coefficient (Wildman–Crippen LogP) is 5.72. The molecule has 0 bridgehead atoms. The average molecular weight is 715 g/mol. The Morgan fingerprint density at radius 1 is 1.12 bits per heavy atom. The van der Waals surface area contributed by atoms with Crippen LogP contribution in [-0.4, -0.2) is 71.1 Å². The Hall–Kier alpha value is -4.00. The molecule has 4 heterocycles. The van der Waals surface area contributed by atoms with Crippen molar-refractivity contribution in [2.45, 2.75) is 75.5 Å². The molecule has 7 rings (SSSR count). The molecule has 2 saturated heterocycles. The lowest BCUT2D eigenvalue weighted by atomic mass is 9.82.